The predicted octanol–water partition coefficient (Wildman–Crippen LogP) is 3.34. The van der Waals surface area contributed by atoms with Crippen LogP contribution in [0.4, 0.5) is 18.9 Å². The van der Waals surface area contributed by atoms with Crippen molar-refractivity contribution < 1.29 is 57.3 Å². The van der Waals surface area contributed by atoms with Gasteiger partial charge in [-0.3, -0.25) is 24.0 Å². The van der Waals surface area contributed by atoms with Crippen LogP contribution in [0.2, 0.25) is 0 Å². The highest BCUT2D eigenvalue weighted by atomic mass is 19.4. The Labute approximate surface area is 364 Å². The van der Waals surface area contributed by atoms with Crippen molar-refractivity contribution >= 4 is 41.2 Å². The number of aliphatic hydroxyl groups is 2. The standard InChI is InChI=1S/C47H44F3N5O9/c48-47(49,50)33-19-13-29(14-20-33)25-37-42(59)53-36(24-28-11-17-32(18-12-28)31-9-5-2-6-10-31)41(58)52-35(23-27-7-3-1-4-8-27)43(60)55-38(46(63)64)26-30-15-21-34(22-16-30)51-44(61)39(56)40(57)45(62)54-37/h1-22,35-40,56-57H,23-26H2,(H,51,61)(H,52,58)(H,53,59)(H,54,62)(H,55,60)(H,63,64). The zero-order valence-electron chi connectivity index (χ0n) is 33.9. The van der Waals surface area contributed by atoms with Gasteiger partial charge in [0.15, 0.2) is 12.2 Å². The SMILES string of the molecule is O=C(O)C1Cc2ccc(cc2)NC(=O)C(O)C(O)C(=O)NC(Cc2ccc(C(F)(F)F)cc2)C(=O)NC(Cc2ccc(-c3ccccc3)cc2)C(=O)NC(Cc2ccccc2)C(=O)N1. The van der Waals surface area contributed by atoms with Crippen molar-refractivity contribution in [3.05, 3.63) is 161 Å². The fourth-order valence-corrected chi connectivity index (χ4v) is 6.98. The van der Waals surface area contributed by atoms with Crippen molar-refractivity contribution in [1.29, 1.82) is 0 Å². The molecule has 14 nitrogen and oxygen atoms in total. The number of fused-ring (bicyclic) bond motifs is 18. The Morgan fingerprint density at radius 1 is 0.516 bits per heavy atom. The molecule has 0 aromatic heterocycles. The molecule has 6 unspecified atom stereocenters. The lowest BCUT2D eigenvalue weighted by molar-refractivity contribution is -0.145. The minimum absolute atomic E-state index is 0.0770. The van der Waals surface area contributed by atoms with Gasteiger partial charge in [0.05, 0.1) is 5.56 Å². The Balaban J connectivity index is 1.39. The van der Waals surface area contributed by atoms with E-state index in [1.165, 1.54) is 24.3 Å². The van der Waals surface area contributed by atoms with Crippen molar-refractivity contribution in [1.82, 2.24) is 21.3 Å². The topological polar surface area (TPSA) is 223 Å². The number of anilines is 1. The van der Waals surface area contributed by atoms with Gasteiger partial charge in [-0.05, 0) is 57.6 Å². The van der Waals surface area contributed by atoms with Gasteiger partial charge < -0.3 is 41.9 Å². The minimum atomic E-state index is -4.69. The van der Waals surface area contributed by atoms with E-state index in [1.54, 1.807) is 54.6 Å². The van der Waals surface area contributed by atoms with E-state index in [2.05, 4.69) is 26.6 Å². The summed E-state index contributed by atoms with van der Waals surface area (Å²) in [7, 11) is 0. The summed E-state index contributed by atoms with van der Waals surface area (Å²) in [5.74, 6) is -6.88. The summed E-state index contributed by atoms with van der Waals surface area (Å²) in [5, 5.41) is 44.0. The fraction of sp³-hybridized carbons (Fsp3) is 0.234. The van der Waals surface area contributed by atoms with Gasteiger partial charge in [0.2, 0.25) is 17.7 Å². The number of aliphatic hydroxyl groups excluding tert-OH is 2. The molecule has 0 fully saturated rings. The number of amides is 5. The lowest BCUT2D eigenvalue weighted by atomic mass is 9.98. The molecular weight excluding hydrogens is 836 g/mol. The molecule has 332 valence electrons. The summed E-state index contributed by atoms with van der Waals surface area (Å²) in [4.78, 5) is 81.7. The molecule has 0 saturated heterocycles. The molecule has 2 aliphatic heterocycles. The van der Waals surface area contributed by atoms with Crippen molar-refractivity contribution in [2.75, 3.05) is 5.32 Å². The van der Waals surface area contributed by atoms with Gasteiger partial charge in [-0.2, -0.15) is 13.2 Å². The molecule has 0 aliphatic carbocycles. The lowest BCUT2D eigenvalue weighted by Crippen LogP contribution is -2.60. The van der Waals surface area contributed by atoms with Crippen molar-refractivity contribution in [2.24, 2.45) is 0 Å². The van der Waals surface area contributed by atoms with Crippen LogP contribution in [0.15, 0.2) is 133 Å². The highest BCUT2D eigenvalue weighted by Crippen LogP contribution is 2.29. The Bertz CT molecular complexity index is 2440. The molecule has 5 aromatic rings. The summed E-state index contributed by atoms with van der Waals surface area (Å²) in [6.07, 6.45) is -10.6. The molecule has 2 heterocycles. The molecule has 2 bridgehead atoms. The quantitative estimate of drug-likeness (QED) is 0.107. The van der Waals surface area contributed by atoms with Crippen molar-refractivity contribution in [2.45, 2.75) is 68.2 Å². The number of hydrogen-bond acceptors (Lipinski definition) is 8. The van der Waals surface area contributed by atoms with E-state index in [9.17, 15) is 57.3 Å². The highest BCUT2D eigenvalue weighted by Gasteiger charge is 2.36. The van der Waals surface area contributed by atoms with E-state index in [-0.39, 0.29) is 30.5 Å². The number of carboxylic acids is 1. The summed E-state index contributed by atoms with van der Waals surface area (Å²) in [6.45, 7) is 0. The second-order valence-corrected chi connectivity index (χ2v) is 15.2. The molecular formula is C47H44F3N5O9. The molecule has 5 amide bonds. The highest BCUT2D eigenvalue weighted by molar-refractivity contribution is 6.00. The number of alkyl halides is 3. The normalized spacial score (nSPS) is 21.6. The number of benzene rings is 5. The molecule has 0 saturated carbocycles. The van der Waals surface area contributed by atoms with Gasteiger partial charge in [0.1, 0.15) is 24.2 Å². The van der Waals surface area contributed by atoms with Crippen molar-refractivity contribution in [3.63, 3.8) is 0 Å². The van der Waals surface area contributed by atoms with Crippen LogP contribution in [-0.4, -0.2) is 87.2 Å². The third kappa shape index (κ3) is 12.4. The largest absolute Gasteiger partial charge is 0.480 e. The molecule has 7 rings (SSSR count). The third-order valence-electron chi connectivity index (χ3n) is 10.5. The van der Waals surface area contributed by atoms with E-state index in [0.29, 0.717) is 16.7 Å². The van der Waals surface area contributed by atoms with Crippen LogP contribution < -0.4 is 26.6 Å². The second kappa shape index (κ2) is 20.7. The monoisotopic (exact) mass is 879 g/mol. The van der Waals surface area contributed by atoms with E-state index < -0.39 is 90.0 Å². The first-order valence-electron chi connectivity index (χ1n) is 20.1. The molecule has 6 atom stereocenters. The lowest BCUT2D eigenvalue weighted by Gasteiger charge is -2.27. The number of halogens is 3. The summed E-state index contributed by atoms with van der Waals surface area (Å²) in [6, 6.07) is 28.0. The van der Waals surface area contributed by atoms with Crippen molar-refractivity contribution in [3.8, 4) is 11.1 Å². The number of aliphatic carboxylic acids is 1. The van der Waals surface area contributed by atoms with Gasteiger partial charge in [-0.25, -0.2) is 4.79 Å². The van der Waals surface area contributed by atoms with E-state index in [1.807, 2.05) is 30.3 Å². The van der Waals surface area contributed by atoms with E-state index in [4.69, 9.17) is 0 Å². The van der Waals surface area contributed by atoms with Crippen LogP contribution in [-0.2, 0) is 60.6 Å². The zero-order chi connectivity index (χ0) is 46.0. The van der Waals surface area contributed by atoms with Crippen LogP contribution in [0.5, 0.6) is 0 Å². The number of hydrogen-bond donors (Lipinski definition) is 8. The maximum absolute atomic E-state index is 14.5. The molecule has 17 heteroatoms. The summed E-state index contributed by atoms with van der Waals surface area (Å²) >= 11 is 0. The Morgan fingerprint density at radius 2 is 0.938 bits per heavy atom. The predicted molar refractivity (Wildman–Crippen MR) is 227 cm³/mol. The fourth-order valence-electron chi connectivity index (χ4n) is 6.98. The average molecular weight is 880 g/mol. The number of nitrogens with one attached hydrogen (secondary N) is 5. The van der Waals surface area contributed by atoms with E-state index in [0.717, 1.165) is 35.4 Å². The number of carboxylic acid groups (broad SMARTS) is 1. The van der Waals surface area contributed by atoms with Gasteiger partial charge in [-0.15, -0.1) is 0 Å². The smallest absolute Gasteiger partial charge is 0.416 e. The van der Waals surface area contributed by atoms with E-state index >= 15 is 0 Å². The van der Waals surface area contributed by atoms with Crippen LogP contribution in [0.25, 0.3) is 11.1 Å². The van der Waals surface area contributed by atoms with Crippen LogP contribution in [0.3, 0.4) is 0 Å². The van der Waals surface area contributed by atoms with Crippen LogP contribution in [0, 0.1) is 0 Å². The molecule has 8 N–H and O–H groups in total. The molecule has 2 aliphatic rings. The first kappa shape index (κ1) is 46.1. The van der Waals surface area contributed by atoms with Gasteiger partial charge in [0.25, 0.3) is 11.8 Å². The number of carbonyl (C=O) groups is 6. The Kier molecular flexibility index (Phi) is 14.9. The average Bonchev–Trinajstić information content (AvgIpc) is 3.28. The second-order valence-electron chi connectivity index (χ2n) is 15.2. The van der Waals surface area contributed by atoms with Gasteiger partial charge in [0, 0.05) is 31.4 Å². The number of carbonyl (C=O) groups excluding carboxylic acids is 5. The van der Waals surface area contributed by atoms with Gasteiger partial charge in [-0.1, -0.05) is 109 Å². The first-order valence-corrected chi connectivity index (χ1v) is 20.1. The molecule has 5 aromatic carbocycles. The molecule has 0 spiro atoms. The Morgan fingerprint density at radius 3 is 1.44 bits per heavy atom. The van der Waals surface area contributed by atoms with Crippen LogP contribution >= 0.6 is 0 Å². The van der Waals surface area contributed by atoms with Gasteiger partial charge >= 0.3 is 12.1 Å². The van der Waals surface area contributed by atoms with Crippen LogP contribution in [0.1, 0.15) is 27.8 Å². The minimum Gasteiger partial charge on any atom is -0.480 e. The third-order valence-corrected chi connectivity index (χ3v) is 10.5. The summed E-state index contributed by atoms with van der Waals surface area (Å²) < 4.78 is 40.3. The number of rotatable bonds is 8. The molecule has 0 radical (unpaired) electrons. The zero-order valence-corrected chi connectivity index (χ0v) is 33.9. The Hall–Kier alpha value is -7.37. The maximum atomic E-state index is 14.5. The first-order chi connectivity index (χ1) is 30.5. The maximum Gasteiger partial charge on any atom is 0.416 e. The molecule has 64 heavy (non-hydrogen) atoms. The summed E-state index contributed by atoms with van der Waals surface area (Å²) in [5.41, 5.74) is 2.45.